The van der Waals surface area contributed by atoms with Gasteiger partial charge in [-0.2, -0.15) is 4.31 Å². The van der Waals surface area contributed by atoms with Gasteiger partial charge in [0.25, 0.3) is 10.0 Å². The molecule has 1 amide bonds. The number of benzene rings is 1. The minimum atomic E-state index is -3.58. The second kappa shape index (κ2) is 9.38. The number of thiophene rings is 1. The van der Waals surface area contributed by atoms with Crippen molar-refractivity contribution in [2.45, 2.75) is 37.1 Å². The molecule has 0 aliphatic carbocycles. The number of sulfonamides is 1. The molecule has 1 aliphatic heterocycles. The van der Waals surface area contributed by atoms with E-state index in [9.17, 15) is 13.2 Å². The van der Waals surface area contributed by atoms with Crippen molar-refractivity contribution in [3.63, 3.8) is 0 Å². The molecule has 2 aromatic heterocycles. The summed E-state index contributed by atoms with van der Waals surface area (Å²) in [6, 6.07) is 16.9. The van der Waals surface area contributed by atoms with Gasteiger partial charge in [-0.05, 0) is 49.6 Å². The fourth-order valence-electron chi connectivity index (χ4n) is 3.90. The van der Waals surface area contributed by atoms with Gasteiger partial charge in [0, 0.05) is 24.5 Å². The van der Waals surface area contributed by atoms with Crippen LogP contribution in [-0.2, 0) is 27.9 Å². The van der Waals surface area contributed by atoms with Crippen molar-refractivity contribution < 1.29 is 17.6 Å². The van der Waals surface area contributed by atoms with Crippen molar-refractivity contribution in [2.75, 3.05) is 13.1 Å². The second-order valence-electron chi connectivity index (χ2n) is 7.83. The third-order valence-electron chi connectivity index (χ3n) is 5.50. The number of rotatable bonds is 7. The van der Waals surface area contributed by atoms with Gasteiger partial charge >= 0.3 is 0 Å². The van der Waals surface area contributed by atoms with E-state index in [2.05, 4.69) is 0 Å². The Morgan fingerprint density at radius 1 is 1.13 bits per heavy atom. The monoisotopic (exact) mass is 458 g/mol. The zero-order valence-electron chi connectivity index (χ0n) is 17.4. The van der Waals surface area contributed by atoms with Gasteiger partial charge in [0.2, 0.25) is 5.91 Å². The summed E-state index contributed by atoms with van der Waals surface area (Å²) < 4.78 is 33.5. The lowest BCUT2D eigenvalue weighted by molar-refractivity contribution is -0.138. The SMILES string of the molecule is Cc1ccc(S(=O)(=O)N2CCC[C@H](C(=O)N(Cc3ccccc3)Cc3ccco3)C2)s1. The van der Waals surface area contributed by atoms with E-state index in [4.69, 9.17) is 4.42 Å². The lowest BCUT2D eigenvalue weighted by Gasteiger charge is -2.34. The molecule has 4 rings (SSSR count). The Morgan fingerprint density at radius 2 is 1.94 bits per heavy atom. The highest BCUT2D eigenvalue weighted by molar-refractivity contribution is 7.91. The first-order chi connectivity index (χ1) is 14.9. The minimum absolute atomic E-state index is 0.0393. The molecule has 0 bridgehead atoms. The topological polar surface area (TPSA) is 70.8 Å². The average Bonchev–Trinajstić information content (AvgIpc) is 3.46. The van der Waals surface area contributed by atoms with Gasteiger partial charge in [-0.1, -0.05) is 30.3 Å². The van der Waals surface area contributed by atoms with Crippen LogP contribution in [0.15, 0.2) is 69.5 Å². The molecule has 0 radical (unpaired) electrons. The van der Waals surface area contributed by atoms with Crippen LogP contribution in [0.4, 0.5) is 0 Å². The number of hydrogen-bond donors (Lipinski definition) is 0. The highest BCUT2D eigenvalue weighted by atomic mass is 32.2. The number of aryl methyl sites for hydroxylation is 1. The van der Waals surface area contributed by atoms with E-state index >= 15 is 0 Å². The molecular weight excluding hydrogens is 432 g/mol. The highest BCUT2D eigenvalue weighted by Crippen LogP contribution is 2.29. The maximum Gasteiger partial charge on any atom is 0.252 e. The molecular formula is C23H26N2O4S2. The molecule has 1 aliphatic rings. The first-order valence-electron chi connectivity index (χ1n) is 10.3. The van der Waals surface area contributed by atoms with E-state index in [0.717, 1.165) is 10.4 Å². The number of carbonyl (C=O) groups excluding carboxylic acids is 1. The number of furan rings is 1. The van der Waals surface area contributed by atoms with Crippen LogP contribution in [0.1, 0.15) is 29.0 Å². The first kappa shape index (κ1) is 21.8. The molecule has 0 saturated carbocycles. The number of carbonyl (C=O) groups is 1. The van der Waals surface area contributed by atoms with Gasteiger partial charge in [-0.25, -0.2) is 8.42 Å². The third-order valence-corrected chi connectivity index (χ3v) is 8.83. The number of nitrogens with zero attached hydrogens (tertiary/aromatic N) is 2. The summed E-state index contributed by atoms with van der Waals surface area (Å²) in [7, 11) is -3.58. The molecule has 31 heavy (non-hydrogen) atoms. The molecule has 1 saturated heterocycles. The van der Waals surface area contributed by atoms with Crippen LogP contribution in [0.5, 0.6) is 0 Å². The Kier molecular flexibility index (Phi) is 6.60. The van der Waals surface area contributed by atoms with Crippen molar-refractivity contribution in [3.05, 3.63) is 77.1 Å². The molecule has 1 aromatic carbocycles. The van der Waals surface area contributed by atoms with E-state index in [1.54, 1.807) is 23.3 Å². The minimum Gasteiger partial charge on any atom is -0.467 e. The summed E-state index contributed by atoms with van der Waals surface area (Å²) in [6.45, 7) is 3.35. The molecule has 0 N–H and O–H groups in total. The van der Waals surface area contributed by atoms with Crippen LogP contribution in [0.25, 0.3) is 0 Å². The van der Waals surface area contributed by atoms with Crippen molar-refractivity contribution in [3.8, 4) is 0 Å². The van der Waals surface area contributed by atoms with Crippen molar-refractivity contribution in [2.24, 2.45) is 5.92 Å². The number of hydrogen-bond acceptors (Lipinski definition) is 5. The number of piperidine rings is 1. The normalized spacial score (nSPS) is 17.5. The molecule has 0 unspecified atom stereocenters. The van der Waals surface area contributed by atoms with Crippen molar-refractivity contribution in [1.29, 1.82) is 0 Å². The summed E-state index contributed by atoms with van der Waals surface area (Å²) in [5, 5.41) is 0. The van der Waals surface area contributed by atoms with Gasteiger partial charge in [0.05, 0.1) is 18.7 Å². The van der Waals surface area contributed by atoms with Gasteiger partial charge in [-0.3, -0.25) is 4.79 Å². The van der Waals surface area contributed by atoms with Gasteiger partial charge in [0.15, 0.2) is 0 Å². The Labute approximate surface area is 187 Å². The van der Waals surface area contributed by atoms with E-state index in [1.165, 1.54) is 15.6 Å². The fraction of sp³-hybridized carbons (Fsp3) is 0.348. The average molecular weight is 459 g/mol. The molecule has 6 nitrogen and oxygen atoms in total. The molecule has 8 heteroatoms. The summed E-state index contributed by atoms with van der Waals surface area (Å²) in [5.41, 5.74) is 1.02. The Bertz CT molecular complexity index is 1110. The molecule has 3 aromatic rings. The van der Waals surface area contributed by atoms with Crippen LogP contribution in [0, 0.1) is 12.8 Å². The molecule has 1 atom stereocenters. The third kappa shape index (κ3) is 5.08. The standard InChI is InChI=1S/C23H26N2O4S2/c1-18-11-12-22(30-18)31(27,28)25-13-5-9-20(16-25)23(26)24(17-21-10-6-14-29-21)15-19-7-3-2-4-8-19/h2-4,6-8,10-12,14,20H,5,9,13,15-17H2,1H3/t20-/m0/s1. The lowest BCUT2D eigenvalue weighted by Crippen LogP contribution is -2.46. The van der Waals surface area contributed by atoms with Gasteiger partial charge in [-0.15, -0.1) is 11.3 Å². The quantitative estimate of drug-likeness (QED) is 0.530. The summed E-state index contributed by atoms with van der Waals surface area (Å²) >= 11 is 1.27. The highest BCUT2D eigenvalue weighted by Gasteiger charge is 2.35. The second-order valence-corrected chi connectivity index (χ2v) is 11.3. The molecule has 164 valence electrons. The molecule has 0 spiro atoms. The Balaban J connectivity index is 1.53. The van der Waals surface area contributed by atoms with Crippen LogP contribution < -0.4 is 0 Å². The van der Waals surface area contributed by atoms with Gasteiger partial charge < -0.3 is 9.32 Å². The van der Waals surface area contributed by atoms with Crippen LogP contribution in [0.2, 0.25) is 0 Å². The first-order valence-corrected chi connectivity index (χ1v) is 12.6. The predicted molar refractivity (Wildman–Crippen MR) is 120 cm³/mol. The summed E-state index contributed by atoms with van der Waals surface area (Å²) in [4.78, 5) is 16.2. The Morgan fingerprint density at radius 3 is 2.61 bits per heavy atom. The zero-order chi connectivity index (χ0) is 21.8. The zero-order valence-corrected chi connectivity index (χ0v) is 19.1. The van der Waals surface area contributed by atoms with Crippen molar-refractivity contribution in [1.82, 2.24) is 9.21 Å². The van der Waals surface area contributed by atoms with E-state index < -0.39 is 10.0 Å². The van der Waals surface area contributed by atoms with Crippen molar-refractivity contribution >= 4 is 27.3 Å². The molecule has 3 heterocycles. The van der Waals surface area contributed by atoms with Crippen LogP contribution >= 0.6 is 11.3 Å². The lowest BCUT2D eigenvalue weighted by atomic mass is 9.97. The predicted octanol–water partition coefficient (Wildman–Crippen LogP) is 4.28. The summed E-state index contributed by atoms with van der Waals surface area (Å²) in [5.74, 6) is 0.296. The van der Waals surface area contributed by atoms with E-state index in [-0.39, 0.29) is 18.4 Å². The maximum absolute atomic E-state index is 13.5. The van der Waals surface area contributed by atoms with E-state index in [1.807, 2.05) is 49.4 Å². The smallest absolute Gasteiger partial charge is 0.252 e. The van der Waals surface area contributed by atoms with Crippen LogP contribution in [0.3, 0.4) is 0 Å². The number of amides is 1. The fourth-order valence-corrected chi connectivity index (χ4v) is 6.87. The molecule has 1 fully saturated rings. The summed E-state index contributed by atoms with van der Waals surface area (Å²) in [6.07, 6.45) is 2.94. The Hall–Kier alpha value is -2.42. The van der Waals surface area contributed by atoms with Crippen LogP contribution in [-0.4, -0.2) is 36.6 Å². The van der Waals surface area contributed by atoms with E-state index in [0.29, 0.717) is 42.4 Å². The largest absolute Gasteiger partial charge is 0.467 e. The maximum atomic E-state index is 13.5. The van der Waals surface area contributed by atoms with Gasteiger partial charge in [0.1, 0.15) is 9.97 Å².